The summed E-state index contributed by atoms with van der Waals surface area (Å²) in [5.74, 6) is 1.46. The lowest BCUT2D eigenvalue weighted by Crippen LogP contribution is -2.49. The molecule has 0 radical (unpaired) electrons. The predicted molar refractivity (Wildman–Crippen MR) is 143 cm³/mol. The van der Waals surface area contributed by atoms with E-state index in [1.807, 2.05) is 25.3 Å². The number of carbonyl (C=O) groups is 1. The van der Waals surface area contributed by atoms with Crippen LogP contribution in [0.5, 0.6) is 0 Å². The van der Waals surface area contributed by atoms with E-state index in [2.05, 4.69) is 30.1 Å². The van der Waals surface area contributed by atoms with Crippen molar-refractivity contribution in [1.82, 2.24) is 24.8 Å². The van der Waals surface area contributed by atoms with Crippen LogP contribution in [-0.2, 0) is 4.79 Å². The van der Waals surface area contributed by atoms with E-state index < -0.39 is 0 Å². The molecule has 0 saturated carbocycles. The molecular formula is C23H30N6O3S3. The van der Waals surface area contributed by atoms with Crippen molar-refractivity contribution in [3.05, 3.63) is 30.4 Å². The zero-order valence-corrected chi connectivity index (χ0v) is 22.3. The number of nitrogens with one attached hydrogen (secondary N) is 1. The maximum absolute atomic E-state index is 12.9. The summed E-state index contributed by atoms with van der Waals surface area (Å²) in [5.41, 5.74) is 3.04. The number of pyridine rings is 2. The Morgan fingerprint density at radius 3 is 2.71 bits per heavy atom. The quantitative estimate of drug-likeness (QED) is 0.354. The predicted octanol–water partition coefficient (Wildman–Crippen LogP) is 3.08. The third-order valence-electron chi connectivity index (χ3n) is 5.58. The third-order valence-corrected chi connectivity index (χ3v) is 8.32. The fraction of sp³-hybridized carbons (Fsp3) is 0.478. The number of hydrogen-bond acceptors (Lipinski definition) is 11. The van der Waals surface area contributed by atoms with Gasteiger partial charge in [0.2, 0.25) is 5.91 Å². The van der Waals surface area contributed by atoms with Gasteiger partial charge in [-0.2, -0.15) is 4.98 Å². The van der Waals surface area contributed by atoms with Gasteiger partial charge in [0.15, 0.2) is 17.6 Å². The summed E-state index contributed by atoms with van der Waals surface area (Å²) < 4.78 is 5.46. The van der Waals surface area contributed by atoms with E-state index in [1.165, 1.54) is 18.2 Å². The molecule has 1 saturated heterocycles. The molecule has 0 aliphatic carbocycles. The van der Waals surface area contributed by atoms with Gasteiger partial charge in [0.1, 0.15) is 5.03 Å². The van der Waals surface area contributed by atoms with Crippen LogP contribution in [0.2, 0.25) is 0 Å². The van der Waals surface area contributed by atoms with Crippen LogP contribution < -0.4 is 5.32 Å². The van der Waals surface area contributed by atoms with Gasteiger partial charge in [-0.05, 0) is 25.3 Å². The van der Waals surface area contributed by atoms with Crippen LogP contribution in [0.25, 0.3) is 11.2 Å². The van der Waals surface area contributed by atoms with Crippen molar-refractivity contribution in [3.8, 4) is 0 Å². The van der Waals surface area contributed by atoms with Gasteiger partial charge in [-0.25, -0.2) is 9.97 Å². The van der Waals surface area contributed by atoms with Crippen LogP contribution in [0.15, 0.2) is 44.0 Å². The van der Waals surface area contributed by atoms with Gasteiger partial charge in [-0.15, -0.1) is 35.3 Å². The fourth-order valence-electron chi connectivity index (χ4n) is 3.84. The number of oxazole rings is 1. The summed E-state index contributed by atoms with van der Waals surface area (Å²) >= 11 is 4.80. The number of aliphatic hydroxyl groups is 1. The second-order valence-electron chi connectivity index (χ2n) is 8.05. The molecule has 188 valence electrons. The van der Waals surface area contributed by atoms with E-state index in [0.29, 0.717) is 17.9 Å². The van der Waals surface area contributed by atoms with Crippen LogP contribution in [0.3, 0.4) is 0 Å². The van der Waals surface area contributed by atoms with Crippen molar-refractivity contribution in [3.63, 3.8) is 0 Å². The lowest BCUT2D eigenvalue weighted by atomic mass is 10.3. The van der Waals surface area contributed by atoms with Crippen molar-refractivity contribution in [1.29, 1.82) is 0 Å². The Hall–Kier alpha value is -1.83. The molecule has 1 fully saturated rings. The second-order valence-corrected chi connectivity index (χ2v) is 11.1. The summed E-state index contributed by atoms with van der Waals surface area (Å²) in [4.78, 5) is 32.5. The molecule has 1 aliphatic heterocycles. The smallest absolute Gasteiger partial charge is 0.238 e. The number of aliphatic hydroxyl groups excluding tert-OH is 1. The van der Waals surface area contributed by atoms with Gasteiger partial charge in [0, 0.05) is 61.0 Å². The van der Waals surface area contributed by atoms with E-state index in [9.17, 15) is 9.90 Å². The number of nitrogens with zero attached hydrogens (tertiary/aromatic N) is 5. The van der Waals surface area contributed by atoms with E-state index in [4.69, 9.17) is 4.42 Å². The van der Waals surface area contributed by atoms with Crippen molar-refractivity contribution >= 4 is 58.1 Å². The molecule has 0 atom stereocenters. The number of thioether (sulfide) groups is 3. The van der Waals surface area contributed by atoms with Crippen LogP contribution in [0, 0.1) is 6.92 Å². The first-order valence-electron chi connectivity index (χ1n) is 11.4. The SMILES string of the molecule is CSc1cc(C)nc(SCCO)c1NC(=O)CN1CCN(CCSc2ccnc3ncoc23)CC1. The molecule has 2 N–H and O–H groups in total. The molecule has 4 rings (SSSR count). The number of amides is 1. The molecule has 0 unspecified atom stereocenters. The Bertz CT molecular complexity index is 1140. The normalized spacial score (nSPS) is 15.1. The molecule has 9 nitrogen and oxygen atoms in total. The molecule has 35 heavy (non-hydrogen) atoms. The van der Waals surface area contributed by atoms with Crippen LogP contribution in [-0.4, -0.2) is 99.4 Å². The summed E-state index contributed by atoms with van der Waals surface area (Å²) in [6.45, 7) is 6.91. The lowest BCUT2D eigenvalue weighted by molar-refractivity contribution is -0.117. The van der Waals surface area contributed by atoms with Crippen molar-refractivity contribution in [2.24, 2.45) is 0 Å². The molecule has 1 aliphatic rings. The van der Waals surface area contributed by atoms with Crippen molar-refractivity contribution in [2.45, 2.75) is 21.7 Å². The molecule has 4 heterocycles. The van der Waals surface area contributed by atoms with Gasteiger partial charge < -0.3 is 14.8 Å². The minimum atomic E-state index is -0.0328. The molecule has 3 aromatic heterocycles. The Balaban J connectivity index is 1.24. The first kappa shape index (κ1) is 26.2. The van der Waals surface area contributed by atoms with E-state index in [0.717, 1.165) is 70.3 Å². The molecule has 0 bridgehead atoms. The Morgan fingerprint density at radius 1 is 1.14 bits per heavy atom. The minimum absolute atomic E-state index is 0.0328. The molecule has 0 aromatic carbocycles. The van der Waals surface area contributed by atoms with Gasteiger partial charge in [-0.3, -0.25) is 14.6 Å². The second kappa shape index (κ2) is 12.9. The minimum Gasteiger partial charge on any atom is -0.441 e. The molecule has 1 amide bonds. The summed E-state index contributed by atoms with van der Waals surface area (Å²) in [6.07, 6.45) is 5.19. The Morgan fingerprint density at radius 2 is 1.94 bits per heavy atom. The highest BCUT2D eigenvalue weighted by molar-refractivity contribution is 8.00. The van der Waals surface area contributed by atoms with Crippen molar-refractivity contribution < 1.29 is 14.3 Å². The zero-order valence-electron chi connectivity index (χ0n) is 19.9. The number of carbonyl (C=O) groups excluding carboxylic acids is 1. The first-order chi connectivity index (χ1) is 17.1. The Kier molecular flexibility index (Phi) is 9.69. The summed E-state index contributed by atoms with van der Waals surface area (Å²) in [6, 6.07) is 3.95. The van der Waals surface area contributed by atoms with Gasteiger partial charge in [0.25, 0.3) is 0 Å². The highest BCUT2D eigenvalue weighted by Crippen LogP contribution is 2.34. The maximum atomic E-state index is 12.9. The van der Waals surface area contributed by atoms with E-state index in [-0.39, 0.29) is 12.5 Å². The molecule has 12 heteroatoms. The third kappa shape index (κ3) is 7.11. The van der Waals surface area contributed by atoms with Crippen LogP contribution in [0.1, 0.15) is 5.69 Å². The Labute approximate surface area is 217 Å². The van der Waals surface area contributed by atoms with Gasteiger partial charge in [-0.1, -0.05) is 0 Å². The standard InChI is InChI=1S/C23H30N6O3S3/c1-16-13-18(33-2)20(23(26-16)35-12-10-30)27-19(31)14-29-7-5-28(6-8-29)9-11-34-17-3-4-24-22-21(17)32-15-25-22/h3-4,13,15,30H,5-12,14H2,1-2H3,(H,27,31). The number of aryl methyl sites for hydroxylation is 1. The summed E-state index contributed by atoms with van der Waals surface area (Å²) in [5, 5.41) is 13.1. The lowest BCUT2D eigenvalue weighted by Gasteiger charge is -2.34. The van der Waals surface area contributed by atoms with Crippen molar-refractivity contribution in [2.75, 3.05) is 69.0 Å². The van der Waals surface area contributed by atoms with Crippen LogP contribution in [0.4, 0.5) is 5.69 Å². The first-order valence-corrected chi connectivity index (χ1v) is 14.6. The summed E-state index contributed by atoms with van der Waals surface area (Å²) in [7, 11) is 0. The van der Waals surface area contributed by atoms with Crippen LogP contribution >= 0.6 is 35.3 Å². The van der Waals surface area contributed by atoms with Gasteiger partial charge in [0.05, 0.1) is 23.7 Å². The van der Waals surface area contributed by atoms with E-state index in [1.54, 1.807) is 29.7 Å². The number of piperazine rings is 1. The highest BCUT2D eigenvalue weighted by atomic mass is 32.2. The largest absolute Gasteiger partial charge is 0.441 e. The number of anilines is 1. The topological polar surface area (TPSA) is 108 Å². The number of hydrogen-bond donors (Lipinski definition) is 2. The fourth-order valence-corrected chi connectivity index (χ4v) is 6.34. The molecule has 0 spiro atoms. The van der Waals surface area contributed by atoms with Gasteiger partial charge >= 0.3 is 0 Å². The monoisotopic (exact) mass is 534 g/mol. The highest BCUT2D eigenvalue weighted by Gasteiger charge is 2.21. The van der Waals surface area contributed by atoms with E-state index >= 15 is 0 Å². The average Bonchev–Trinajstić information content (AvgIpc) is 3.35. The average molecular weight is 535 g/mol. The maximum Gasteiger partial charge on any atom is 0.238 e. The number of rotatable bonds is 11. The molecule has 3 aromatic rings. The zero-order chi connectivity index (χ0) is 24.6. The number of fused-ring (bicyclic) bond motifs is 1. The number of aromatic nitrogens is 3. The molecular weight excluding hydrogens is 504 g/mol.